The van der Waals surface area contributed by atoms with Crippen LogP contribution in [0, 0.1) is 6.92 Å². The van der Waals surface area contributed by atoms with Gasteiger partial charge in [-0.05, 0) is 47.1 Å². The van der Waals surface area contributed by atoms with Crippen LogP contribution in [0.5, 0.6) is 0 Å². The Labute approximate surface area is 127 Å². The van der Waals surface area contributed by atoms with Gasteiger partial charge in [-0.25, -0.2) is 4.98 Å². The second-order valence-corrected chi connectivity index (χ2v) is 6.09. The maximum Gasteiger partial charge on any atom is 0.139 e. The standard InChI is InChI=1S/C14H11Br2N3/c1-8-11(16)5-6-12-18-13(14(17)19(8)12)9-3-2-4-10(15)7-9/h2-7H,17H2,1H3. The lowest BCUT2D eigenvalue weighted by Crippen LogP contribution is -1.98. The van der Waals surface area contributed by atoms with Crippen molar-refractivity contribution in [2.75, 3.05) is 5.73 Å². The summed E-state index contributed by atoms with van der Waals surface area (Å²) in [6, 6.07) is 11.9. The molecule has 0 saturated carbocycles. The van der Waals surface area contributed by atoms with Crippen LogP contribution in [0.15, 0.2) is 45.3 Å². The SMILES string of the molecule is Cc1c(Br)ccc2nc(-c3cccc(Br)c3)c(N)n12. The van der Waals surface area contributed by atoms with E-state index in [1.807, 2.05) is 47.7 Å². The van der Waals surface area contributed by atoms with Crippen molar-refractivity contribution >= 4 is 43.3 Å². The van der Waals surface area contributed by atoms with Gasteiger partial charge in [-0.1, -0.05) is 28.1 Å². The van der Waals surface area contributed by atoms with Gasteiger partial charge in [0.1, 0.15) is 17.2 Å². The predicted octanol–water partition coefficient (Wildman–Crippen LogP) is 4.42. The number of nitrogens with two attached hydrogens (primary N) is 1. The normalized spacial score (nSPS) is 11.1. The second kappa shape index (κ2) is 4.65. The minimum Gasteiger partial charge on any atom is -0.383 e. The molecule has 0 aliphatic heterocycles. The van der Waals surface area contributed by atoms with Gasteiger partial charge in [0.25, 0.3) is 0 Å². The number of pyridine rings is 1. The highest BCUT2D eigenvalue weighted by atomic mass is 79.9. The molecule has 96 valence electrons. The number of halogens is 2. The molecule has 0 aliphatic rings. The zero-order valence-corrected chi connectivity index (χ0v) is 13.4. The molecule has 3 aromatic rings. The third kappa shape index (κ3) is 2.07. The van der Waals surface area contributed by atoms with Crippen LogP contribution >= 0.6 is 31.9 Å². The Morgan fingerprint density at radius 1 is 1.16 bits per heavy atom. The van der Waals surface area contributed by atoms with Crippen molar-refractivity contribution in [3.05, 3.63) is 51.0 Å². The van der Waals surface area contributed by atoms with Crippen molar-refractivity contribution in [2.45, 2.75) is 6.92 Å². The van der Waals surface area contributed by atoms with Gasteiger partial charge >= 0.3 is 0 Å². The van der Waals surface area contributed by atoms with Crippen molar-refractivity contribution < 1.29 is 0 Å². The highest BCUT2D eigenvalue weighted by Gasteiger charge is 2.13. The van der Waals surface area contributed by atoms with Crippen molar-refractivity contribution in [1.82, 2.24) is 9.38 Å². The number of rotatable bonds is 1. The Balaban J connectivity index is 2.32. The first-order valence-corrected chi connectivity index (χ1v) is 7.35. The number of nitrogens with zero attached hydrogens (tertiary/aromatic N) is 2. The molecule has 0 atom stereocenters. The Morgan fingerprint density at radius 3 is 2.68 bits per heavy atom. The zero-order valence-electron chi connectivity index (χ0n) is 10.2. The van der Waals surface area contributed by atoms with E-state index in [0.29, 0.717) is 5.82 Å². The summed E-state index contributed by atoms with van der Waals surface area (Å²) >= 11 is 6.99. The summed E-state index contributed by atoms with van der Waals surface area (Å²) in [6.07, 6.45) is 0. The van der Waals surface area contributed by atoms with Crippen molar-refractivity contribution in [3.63, 3.8) is 0 Å². The van der Waals surface area contributed by atoms with Crippen LogP contribution in [0.3, 0.4) is 0 Å². The largest absolute Gasteiger partial charge is 0.383 e. The molecule has 2 aromatic heterocycles. The van der Waals surface area contributed by atoms with E-state index in [1.54, 1.807) is 0 Å². The third-order valence-corrected chi connectivity index (χ3v) is 4.43. The first kappa shape index (κ1) is 12.7. The van der Waals surface area contributed by atoms with Crippen LogP contribution in [0.4, 0.5) is 5.82 Å². The number of benzene rings is 1. The highest BCUT2D eigenvalue weighted by Crippen LogP contribution is 2.30. The van der Waals surface area contributed by atoms with Crippen LogP contribution in [0.2, 0.25) is 0 Å². The van der Waals surface area contributed by atoms with Crippen molar-refractivity contribution in [1.29, 1.82) is 0 Å². The summed E-state index contributed by atoms with van der Waals surface area (Å²) in [5, 5.41) is 0. The molecule has 0 amide bonds. The molecule has 19 heavy (non-hydrogen) atoms. The topological polar surface area (TPSA) is 43.3 Å². The number of fused-ring (bicyclic) bond motifs is 1. The lowest BCUT2D eigenvalue weighted by Gasteiger charge is -2.04. The van der Waals surface area contributed by atoms with Gasteiger partial charge in [0.05, 0.1) is 0 Å². The van der Waals surface area contributed by atoms with Crippen LogP contribution in [-0.4, -0.2) is 9.38 Å². The molecule has 3 rings (SSSR count). The maximum absolute atomic E-state index is 6.26. The van der Waals surface area contributed by atoms with E-state index in [2.05, 4.69) is 36.8 Å². The van der Waals surface area contributed by atoms with Crippen LogP contribution in [-0.2, 0) is 0 Å². The van der Waals surface area contributed by atoms with Gasteiger partial charge in [0.2, 0.25) is 0 Å². The van der Waals surface area contributed by atoms with Gasteiger partial charge in [-0.2, -0.15) is 0 Å². The Morgan fingerprint density at radius 2 is 1.95 bits per heavy atom. The Kier molecular flexibility index (Phi) is 3.11. The minimum absolute atomic E-state index is 0.659. The van der Waals surface area contributed by atoms with E-state index in [1.165, 1.54) is 0 Å². The quantitative estimate of drug-likeness (QED) is 0.679. The van der Waals surface area contributed by atoms with Gasteiger partial charge in [0.15, 0.2) is 0 Å². The lowest BCUT2D eigenvalue weighted by molar-refractivity contribution is 1.09. The summed E-state index contributed by atoms with van der Waals surface area (Å²) in [6.45, 7) is 2.01. The van der Waals surface area contributed by atoms with E-state index < -0.39 is 0 Å². The smallest absolute Gasteiger partial charge is 0.139 e. The number of aromatic nitrogens is 2. The first-order valence-electron chi connectivity index (χ1n) is 5.77. The number of anilines is 1. The molecule has 0 saturated heterocycles. The molecule has 2 N–H and O–H groups in total. The van der Waals surface area contributed by atoms with Crippen molar-refractivity contribution in [2.24, 2.45) is 0 Å². The van der Waals surface area contributed by atoms with E-state index in [9.17, 15) is 0 Å². The van der Waals surface area contributed by atoms with E-state index in [-0.39, 0.29) is 0 Å². The molecule has 0 spiro atoms. The van der Waals surface area contributed by atoms with Crippen LogP contribution in [0.25, 0.3) is 16.9 Å². The fourth-order valence-electron chi connectivity index (χ4n) is 2.14. The summed E-state index contributed by atoms with van der Waals surface area (Å²) < 4.78 is 3.99. The van der Waals surface area contributed by atoms with E-state index in [0.717, 1.165) is 31.5 Å². The Hall–Kier alpha value is -1.33. The van der Waals surface area contributed by atoms with Crippen LogP contribution in [0.1, 0.15) is 5.69 Å². The Bertz CT molecular complexity index is 778. The lowest BCUT2D eigenvalue weighted by atomic mass is 10.1. The van der Waals surface area contributed by atoms with Crippen molar-refractivity contribution in [3.8, 4) is 11.3 Å². The zero-order chi connectivity index (χ0) is 13.6. The molecule has 0 bridgehead atoms. The molecule has 5 heteroatoms. The number of hydrogen-bond acceptors (Lipinski definition) is 2. The number of hydrogen-bond donors (Lipinski definition) is 1. The van der Waals surface area contributed by atoms with Crippen LogP contribution < -0.4 is 5.73 Å². The molecular formula is C14H11Br2N3. The summed E-state index contributed by atoms with van der Waals surface area (Å²) in [7, 11) is 0. The van der Waals surface area contributed by atoms with Gasteiger partial charge in [-0.15, -0.1) is 0 Å². The molecule has 1 aromatic carbocycles. The monoisotopic (exact) mass is 379 g/mol. The first-order chi connectivity index (χ1) is 9.08. The number of imidazole rings is 1. The molecule has 0 unspecified atom stereocenters. The summed E-state index contributed by atoms with van der Waals surface area (Å²) in [5.74, 6) is 0.659. The fourth-order valence-corrected chi connectivity index (χ4v) is 2.85. The van der Waals surface area contributed by atoms with E-state index >= 15 is 0 Å². The minimum atomic E-state index is 0.659. The summed E-state index contributed by atoms with van der Waals surface area (Å²) in [5.41, 5.74) is 9.97. The van der Waals surface area contributed by atoms with Gasteiger partial charge in [0, 0.05) is 20.2 Å². The molecule has 0 aliphatic carbocycles. The molecular weight excluding hydrogens is 370 g/mol. The molecule has 3 nitrogen and oxygen atoms in total. The predicted molar refractivity (Wildman–Crippen MR) is 85.2 cm³/mol. The fraction of sp³-hybridized carbons (Fsp3) is 0.0714. The van der Waals surface area contributed by atoms with Gasteiger partial charge < -0.3 is 5.73 Å². The molecule has 0 radical (unpaired) electrons. The summed E-state index contributed by atoms with van der Waals surface area (Å²) in [4.78, 5) is 4.62. The molecule has 0 fully saturated rings. The average Bonchev–Trinajstić information content (AvgIpc) is 2.72. The highest BCUT2D eigenvalue weighted by molar-refractivity contribution is 9.10. The number of aryl methyl sites for hydroxylation is 1. The third-order valence-electron chi connectivity index (χ3n) is 3.10. The average molecular weight is 381 g/mol. The molecule has 2 heterocycles. The van der Waals surface area contributed by atoms with Gasteiger partial charge in [-0.3, -0.25) is 4.40 Å². The van der Waals surface area contributed by atoms with E-state index in [4.69, 9.17) is 5.73 Å². The maximum atomic E-state index is 6.26. The number of nitrogen functional groups attached to an aromatic ring is 1. The second-order valence-electron chi connectivity index (χ2n) is 4.32.